The van der Waals surface area contributed by atoms with Crippen LogP contribution in [0.25, 0.3) is 6.08 Å². The van der Waals surface area contributed by atoms with Crippen LogP contribution in [-0.2, 0) is 4.79 Å². The number of nitrogens with one attached hydrogen (secondary N) is 1. The summed E-state index contributed by atoms with van der Waals surface area (Å²) in [6, 6.07) is 5.63. The van der Waals surface area contributed by atoms with Gasteiger partial charge < -0.3 is 10.4 Å². The van der Waals surface area contributed by atoms with Crippen LogP contribution < -0.4 is 5.32 Å². The van der Waals surface area contributed by atoms with Crippen molar-refractivity contribution in [1.82, 2.24) is 5.32 Å². The zero-order chi connectivity index (χ0) is 14.5. The van der Waals surface area contributed by atoms with E-state index in [1.165, 1.54) is 6.08 Å². The lowest BCUT2D eigenvalue weighted by molar-refractivity contribution is -0.116. The Morgan fingerprint density at radius 1 is 1.47 bits per heavy atom. The topological polar surface area (TPSA) is 49.3 Å². The number of aliphatic hydroxyl groups is 1. The third kappa shape index (κ3) is 5.45. The van der Waals surface area contributed by atoms with Gasteiger partial charge in [-0.3, -0.25) is 4.79 Å². The molecule has 0 atom stereocenters. The van der Waals surface area contributed by atoms with E-state index in [0.717, 1.165) is 11.1 Å². The summed E-state index contributed by atoms with van der Waals surface area (Å²) in [6.45, 7) is 6.17. The van der Waals surface area contributed by atoms with Crippen LogP contribution in [0, 0.1) is 12.3 Å². The first-order valence-corrected chi connectivity index (χ1v) is 6.55. The Labute approximate surface area is 119 Å². The average Bonchev–Trinajstić information content (AvgIpc) is 2.38. The molecular formula is C15H20ClNO2. The monoisotopic (exact) mass is 281 g/mol. The third-order valence-corrected chi connectivity index (χ3v) is 3.20. The van der Waals surface area contributed by atoms with Gasteiger partial charge in [0.2, 0.25) is 5.91 Å². The smallest absolute Gasteiger partial charge is 0.244 e. The van der Waals surface area contributed by atoms with Gasteiger partial charge in [-0.15, -0.1) is 0 Å². The molecule has 0 aliphatic carbocycles. The van der Waals surface area contributed by atoms with E-state index in [2.05, 4.69) is 5.32 Å². The average molecular weight is 282 g/mol. The molecule has 0 unspecified atom stereocenters. The van der Waals surface area contributed by atoms with Gasteiger partial charge in [0.1, 0.15) is 0 Å². The van der Waals surface area contributed by atoms with Crippen LogP contribution in [-0.4, -0.2) is 24.2 Å². The number of aliphatic hydroxyl groups excluding tert-OH is 1. The summed E-state index contributed by atoms with van der Waals surface area (Å²) < 4.78 is 0. The molecule has 19 heavy (non-hydrogen) atoms. The summed E-state index contributed by atoms with van der Waals surface area (Å²) >= 11 is 6.01. The predicted octanol–water partition coefficient (Wildman–Crippen LogP) is 2.80. The van der Waals surface area contributed by atoms with E-state index < -0.39 is 0 Å². The third-order valence-electron chi connectivity index (χ3n) is 2.79. The fourth-order valence-corrected chi connectivity index (χ4v) is 1.51. The summed E-state index contributed by atoms with van der Waals surface area (Å²) in [6.07, 6.45) is 3.18. The zero-order valence-corrected chi connectivity index (χ0v) is 12.3. The molecule has 4 heteroatoms. The summed E-state index contributed by atoms with van der Waals surface area (Å²) in [5.74, 6) is -0.182. The summed E-state index contributed by atoms with van der Waals surface area (Å²) in [5.41, 5.74) is 1.58. The first kappa shape index (κ1) is 15.7. The lowest BCUT2D eigenvalue weighted by Crippen LogP contribution is -2.35. The van der Waals surface area contributed by atoms with Crippen molar-refractivity contribution in [1.29, 1.82) is 0 Å². The number of hydrogen-bond acceptors (Lipinski definition) is 2. The van der Waals surface area contributed by atoms with Crippen LogP contribution in [0.15, 0.2) is 24.3 Å². The lowest BCUT2D eigenvalue weighted by Gasteiger charge is -2.21. The maximum atomic E-state index is 11.6. The highest BCUT2D eigenvalue weighted by Gasteiger charge is 2.16. The molecule has 0 bridgehead atoms. The molecule has 1 amide bonds. The molecule has 1 aromatic carbocycles. The molecular weight excluding hydrogens is 262 g/mol. The predicted molar refractivity (Wildman–Crippen MR) is 79.1 cm³/mol. The SMILES string of the molecule is Cc1ccc(/C=C/C(=O)NCC(C)(C)CO)cc1Cl. The Morgan fingerprint density at radius 2 is 2.16 bits per heavy atom. The normalized spacial score (nSPS) is 11.8. The summed E-state index contributed by atoms with van der Waals surface area (Å²) in [4.78, 5) is 11.6. The Bertz CT molecular complexity index is 481. The molecule has 0 spiro atoms. The quantitative estimate of drug-likeness (QED) is 0.816. The first-order chi connectivity index (χ1) is 8.84. The van der Waals surface area contributed by atoms with E-state index in [4.69, 9.17) is 16.7 Å². The van der Waals surface area contributed by atoms with Crippen LogP contribution in [0.5, 0.6) is 0 Å². The van der Waals surface area contributed by atoms with Crippen molar-refractivity contribution >= 4 is 23.6 Å². The minimum absolute atomic E-state index is 0.0323. The van der Waals surface area contributed by atoms with E-state index >= 15 is 0 Å². The van der Waals surface area contributed by atoms with Crippen molar-refractivity contribution in [3.63, 3.8) is 0 Å². The minimum atomic E-state index is -0.309. The van der Waals surface area contributed by atoms with Crippen molar-refractivity contribution in [3.05, 3.63) is 40.4 Å². The molecule has 1 rings (SSSR count). The number of halogens is 1. The molecule has 104 valence electrons. The number of benzene rings is 1. The van der Waals surface area contributed by atoms with E-state index in [-0.39, 0.29) is 17.9 Å². The molecule has 0 saturated heterocycles. The van der Waals surface area contributed by atoms with Crippen LogP contribution in [0.3, 0.4) is 0 Å². The van der Waals surface area contributed by atoms with E-state index in [1.807, 2.05) is 39.0 Å². The van der Waals surface area contributed by atoms with Crippen LogP contribution in [0.1, 0.15) is 25.0 Å². The summed E-state index contributed by atoms with van der Waals surface area (Å²) in [5, 5.41) is 12.5. The van der Waals surface area contributed by atoms with E-state index in [9.17, 15) is 4.79 Å². The Hall–Kier alpha value is -1.32. The molecule has 0 radical (unpaired) electrons. The van der Waals surface area contributed by atoms with E-state index in [0.29, 0.717) is 11.6 Å². The maximum absolute atomic E-state index is 11.6. The van der Waals surface area contributed by atoms with E-state index in [1.54, 1.807) is 6.08 Å². The van der Waals surface area contributed by atoms with Gasteiger partial charge in [0.15, 0.2) is 0 Å². The number of aryl methyl sites for hydroxylation is 1. The molecule has 0 aromatic heterocycles. The molecule has 0 heterocycles. The largest absolute Gasteiger partial charge is 0.396 e. The molecule has 0 aliphatic rings. The van der Waals surface area contributed by atoms with Gasteiger partial charge in [0, 0.05) is 29.7 Å². The molecule has 0 fully saturated rings. The highest BCUT2D eigenvalue weighted by Crippen LogP contribution is 2.17. The molecule has 0 saturated carbocycles. The molecule has 1 aromatic rings. The summed E-state index contributed by atoms with van der Waals surface area (Å²) in [7, 11) is 0. The Balaban J connectivity index is 2.56. The Morgan fingerprint density at radius 3 is 2.74 bits per heavy atom. The fourth-order valence-electron chi connectivity index (χ4n) is 1.33. The van der Waals surface area contributed by atoms with Crippen LogP contribution in [0.4, 0.5) is 0 Å². The van der Waals surface area contributed by atoms with Crippen molar-refractivity contribution in [3.8, 4) is 0 Å². The van der Waals surface area contributed by atoms with Crippen molar-refractivity contribution < 1.29 is 9.90 Å². The van der Waals surface area contributed by atoms with Crippen molar-refractivity contribution in [2.24, 2.45) is 5.41 Å². The van der Waals surface area contributed by atoms with Gasteiger partial charge in [0.05, 0.1) is 0 Å². The minimum Gasteiger partial charge on any atom is -0.396 e. The standard InChI is InChI=1S/C15H20ClNO2/c1-11-4-5-12(8-13(11)16)6-7-14(19)17-9-15(2,3)10-18/h4-8,18H,9-10H2,1-3H3,(H,17,19)/b7-6+. The van der Waals surface area contributed by atoms with Gasteiger partial charge in [-0.1, -0.05) is 37.6 Å². The van der Waals surface area contributed by atoms with Crippen LogP contribution >= 0.6 is 11.6 Å². The number of carbonyl (C=O) groups is 1. The van der Waals surface area contributed by atoms with Crippen LogP contribution in [0.2, 0.25) is 5.02 Å². The molecule has 2 N–H and O–H groups in total. The highest BCUT2D eigenvalue weighted by molar-refractivity contribution is 6.31. The number of hydrogen-bond donors (Lipinski definition) is 2. The van der Waals surface area contributed by atoms with Gasteiger partial charge in [-0.05, 0) is 30.2 Å². The Kier molecular flexibility index (Phi) is 5.58. The number of carbonyl (C=O) groups excluding carboxylic acids is 1. The van der Waals surface area contributed by atoms with Crippen molar-refractivity contribution in [2.45, 2.75) is 20.8 Å². The fraction of sp³-hybridized carbons (Fsp3) is 0.400. The second-order valence-corrected chi connectivity index (χ2v) is 5.79. The lowest BCUT2D eigenvalue weighted by atomic mass is 9.95. The van der Waals surface area contributed by atoms with Gasteiger partial charge in [-0.2, -0.15) is 0 Å². The highest BCUT2D eigenvalue weighted by atomic mass is 35.5. The molecule has 0 aliphatic heterocycles. The van der Waals surface area contributed by atoms with Gasteiger partial charge >= 0.3 is 0 Å². The second-order valence-electron chi connectivity index (χ2n) is 5.38. The number of rotatable bonds is 5. The van der Waals surface area contributed by atoms with Crippen molar-refractivity contribution in [2.75, 3.05) is 13.2 Å². The maximum Gasteiger partial charge on any atom is 0.244 e. The zero-order valence-electron chi connectivity index (χ0n) is 11.5. The molecule has 3 nitrogen and oxygen atoms in total. The number of amides is 1. The van der Waals surface area contributed by atoms with Gasteiger partial charge in [0.25, 0.3) is 0 Å². The van der Waals surface area contributed by atoms with Gasteiger partial charge in [-0.25, -0.2) is 0 Å². The second kappa shape index (κ2) is 6.73. The first-order valence-electron chi connectivity index (χ1n) is 6.17.